The van der Waals surface area contributed by atoms with Gasteiger partial charge in [0.25, 0.3) is 0 Å². The van der Waals surface area contributed by atoms with E-state index in [1.807, 2.05) is 43.3 Å². The predicted octanol–water partition coefficient (Wildman–Crippen LogP) is 3.47. The molecular weight excluding hydrogens is 294 g/mol. The van der Waals surface area contributed by atoms with Gasteiger partial charge in [0.2, 0.25) is 10.0 Å². The number of benzene rings is 2. The molecule has 1 atom stereocenters. The molecule has 0 N–H and O–H groups in total. The van der Waals surface area contributed by atoms with Gasteiger partial charge in [0, 0.05) is 19.0 Å². The molecule has 3 rings (SSSR count). The van der Waals surface area contributed by atoms with Crippen LogP contribution in [0.2, 0.25) is 0 Å². The lowest BCUT2D eigenvalue weighted by atomic mass is 9.91. The normalized spacial score (nSPS) is 18.7. The first-order valence-corrected chi connectivity index (χ1v) is 8.73. The monoisotopic (exact) mass is 313 g/mol. The van der Waals surface area contributed by atoms with Crippen molar-refractivity contribution in [3.05, 3.63) is 77.9 Å². The van der Waals surface area contributed by atoms with E-state index in [2.05, 4.69) is 12.6 Å². The molecule has 22 heavy (non-hydrogen) atoms. The van der Waals surface area contributed by atoms with Crippen LogP contribution < -0.4 is 0 Å². The van der Waals surface area contributed by atoms with E-state index in [1.165, 1.54) is 5.56 Å². The van der Waals surface area contributed by atoms with Gasteiger partial charge in [-0.3, -0.25) is 0 Å². The van der Waals surface area contributed by atoms with Crippen LogP contribution in [0.1, 0.15) is 22.6 Å². The Balaban J connectivity index is 1.99. The lowest BCUT2D eigenvalue weighted by molar-refractivity contribution is 0.375. The number of rotatable bonds is 3. The fourth-order valence-electron chi connectivity index (χ4n) is 2.86. The summed E-state index contributed by atoms with van der Waals surface area (Å²) in [6.07, 6.45) is 1.83. The van der Waals surface area contributed by atoms with Crippen molar-refractivity contribution in [3.8, 4) is 0 Å². The van der Waals surface area contributed by atoms with E-state index in [0.29, 0.717) is 18.0 Å². The molecule has 0 radical (unpaired) electrons. The highest BCUT2D eigenvalue weighted by atomic mass is 32.2. The van der Waals surface area contributed by atoms with Gasteiger partial charge in [-0.25, -0.2) is 8.42 Å². The Kier molecular flexibility index (Phi) is 3.89. The average Bonchev–Trinajstić information content (AvgIpc) is 2.54. The molecule has 0 aliphatic carbocycles. The van der Waals surface area contributed by atoms with Crippen molar-refractivity contribution in [2.45, 2.75) is 24.3 Å². The molecule has 4 heteroatoms. The van der Waals surface area contributed by atoms with Crippen LogP contribution in [-0.2, 0) is 16.6 Å². The zero-order valence-corrected chi connectivity index (χ0v) is 13.4. The second-order valence-corrected chi connectivity index (χ2v) is 7.59. The summed E-state index contributed by atoms with van der Waals surface area (Å²) in [6, 6.07) is 15.0. The molecule has 1 unspecified atom stereocenters. The molecule has 2 aromatic carbocycles. The summed E-state index contributed by atoms with van der Waals surface area (Å²) in [4.78, 5) is 0.347. The van der Waals surface area contributed by atoms with Crippen LogP contribution in [0.25, 0.3) is 0 Å². The second-order valence-electron chi connectivity index (χ2n) is 5.65. The molecule has 3 nitrogen and oxygen atoms in total. The quantitative estimate of drug-likeness (QED) is 0.814. The summed E-state index contributed by atoms with van der Waals surface area (Å²) >= 11 is 0. The molecule has 0 fully saturated rings. The molecule has 1 heterocycles. The second kappa shape index (κ2) is 5.71. The highest BCUT2D eigenvalue weighted by molar-refractivity contribution is 7.89. The van der Waals surface area contributed by atoms with Crippen LogP contribution in [0.15, 0.2) is 66.1 Å². The number of nitrogens with zero attached hydrogens (tertiary/aromatic N) is 1. The predicted molar refractivity (Wildman–Crippen MR) is 88.2 cm³/mol. The molecule has 0 bridgehead atoms. The average molecular weight is 313 g/mol. The summed E-state index contributed by atoms with van der Waals surface area (Å²) in [6.45, 7) is 6.66. The van der Waals surface area contributed by atoms with Crippen molar-refractivity contribution >= 4 is 10.0 Å². The van der Waals surface area contributed by atoms with Gasteiger partial charge >= 0.3 is 0 Å². The van der Waals surface area contributed by atoms with Gasteiger partial charge in [-0.1, -0.05) is 48.0 Å². The zero-order chi connectivity index (χ0) is 15.7. The van der Waals surface area contributed by atoms with Gasteiger partial charge in [0.1, 0.15) is 0 Å². The third kappa shape index (κ3) is 2.60. The van der Waals surface area contributed by atoms with Gasteiger partial charge in [-0.2, -0.15) is 4.31 Å². The highest BCUT2D eigenvalue weighted by Gasteiger charge is 2.31. The molecule has 0 spiro atoms. The molecular formula is C18H19NO2S. The largest absolute Gasteiger partial charge is 0.243 e. The summed E-state index contributed by atoms with van der Waals surface area (Å²) < 4.78 is 27.3. The summed E-state index contributed by atoms with van der Waals surface area (Å²) in [5.41, 5.74) is 3.27. The molecule has 0 amide bonds. The minimum absolute atomic E-state index is 0.0326. The summed E-state index contributed by atoms with van der Waals surface area (Å²) in [5.74, 6) is 0.0326. The van der Waals surface area contributed by atoms with Crippen LogP contribution in [0.4, 0.5) is 0 Å². The number of hydrogen-bond acceptors (Lipinski definition) is 2. The third-order valence-electron chi connectivity index (χ3n) is 4.14. The topological polar surface area (TPSA) is 37.4 Å². The maximum Gasteiger partial charge on any atom is 0.243 e. The number of aryl methyl sites for hydroxylation is 1. The molecule has 1 aliphatic heterocycles. The van der Waals surface area contributed by atoms with Gasteiger partial charge in [0.15, 0.2) is 0 Å². The SMILES string of the molecule is C=CC1CN(S(=O)(=O)c2ccc(C)cc2)Cc2ccccc21. The maximum atomic E-state index is 12.9. The Morgan fingerprint density at radius 1 is 1.14 bits per heavy atom. The van der Waals surface area contributed by atoms with Crippen LogP contribution in [0, 0.1) is 6.92 Å². The van der Waals surface area contributed by atoms with E-state index in [-0.39, 0.29) is 5.92 Å². The van der Waals surface area contributed by atoms with Gasteiger partial charge in [0.05, 0.1) is 4.90 Å². The molecule has 0 saturated heterocycles. The molecule has 1 aliphatic rings. The maximum absolute atomic E-state index is 12.9. The van der Waals surface area contributed by atoms with Crippen LogP contribution in [0.3, 0.4) is 0 Å². The molecule has 0 aromatic heterocycles. The fraction of sp³-hybridized carbons (Fsp3) is 0.222. The van der Waals surface area contributed by atoms with Crippen molar-refractivity contribution < 1.29 is 8.42 Å². The van der Waals surface area contributed by atoms with Crippen LogP contribution >= 0.6 is 0 Å². The summed E-state index contributed by atoms with van der Waals surface area (Å²) in [5, 5.41) is 0. The summed E-state index contributed by atoms with van der Waals surface area (Å²) in [7, 11) is -3.48. The Morgan fingerprint density at radius 2 is 1.82 bits per heavy atom. The lowest BCUT2D eigenvalue weighted by Crippen LogP contribution is -2.37. The van der Waals surface area contributed by atoms with E-state index in [4.69, 9.17) is 0 Å². The van der Waals surface area contributed by atoms with E-state index >= 15 is 0 Å². The first-order valence-electron chi connectivity index (χ1n) is 7.29. The molecule has 0 saturated carbocycles. The van der Waals surface area contributed by atoms with Crippen LogP contribution in [-0.4, -0.2) is 19.3 Å². The van der Waals surface area contributed by atoms with E-state index in [9.17, 15) is 8.42 Å². The van der Waals surface area contributed by atoms with Crippen molar-refractivity contribution in [1.82, 2.24) is 4.31 Å². The van der Waals surface area contributed by atoms with Gasteiger partial charge in [-0.15, -0.1) is 6.58 Å². The highest BCUT2D eigenvalue weighted by Crippen LogP contribution is 2.32. The first kappa shape index (κ1) is 15.0. The Bertz CT molecular complexity index is 794. The van der Waals surface area contributed by atoms with Crippen molar-refractivity contribution in [1.29, 1.82) is 0 Å². The standard InChI is InChI=1S/C18H19NO2S/c1-3-15-12-19(13-16-6-4-5-7-18(15)16)22(20,21)17-10-8-14(2)9-11-17/h3-11,15H,1,12-13H2,2H3. The van der Waals surface area contributed by atoms with Crippen molar-refractivity contribution in [2.24, 2.45) is 0 Å². The minimum atomic E-state index is -3.48. The lowest BCUT2D eigenvalue weighted by Gasteiger charge is -2.32. The van der Waals surface area contributed by atoms with Crippen LogP contribution in [0.5, 0.6) is 0 Å². The first-order chi connectivity index (χ1) is 10.5. The minimum Gasteiger partial charge on any atom is -0.207 e. The van der Waals surface area contributed by atoms with E-state index in [1.54, 1.807) is 16.4 Å². The molecule has 114 valence electrons. The van der Waals surface area contributed by atoms with E-state index in [0.717, 1.165) is 11.1 Å². The number of sulfonamides is 1. The zero-order valence-electron chi connectivity index (χ0n) is 12.6. The fourth-order valence-corrected chi connectivity index (χ4v) is 4.30. The third-order valence-corrected chi connectivity index (χ3v) is 5.97. The Labute approximate surface area is 132 Å². The van der Waals surface area contributed by atoms with Gasteiger partial charge < -0.3 is 0 Å². The Morgan fingerprint density at radius 3 is 2.50 bits per heavy atom. The number of fused-ring (bicyclic) bond motifs is 1. The van der Waals surface area contributed by atoms with Gasteiger partial charge in [-0.05, 0) is 30.2 Å². The molecule has 2 aromatic rings. The smallest absolute Gasteiger partial charge is 0.207 e. The van der Waals surface area contributed by atoms with E-state index < -0.39 is 10.0 Å². The van der Waals surface area contributed by atoms with Crippen molar-refractivity contribution in [3.63, 3.8) is 0 Å². The number of hydrogen-bond donors (Lipinski definition) is 0. The Hall–Kier alpha value is -1.91. The van der Waals surface area contributed by atoms with Crippen molar-refractivity contribution in [2.75, 3.05) is 6.54 Å².